The minimum absolute atomic E-state index is 0.280. The van der Waals surface area contributed by atoms with Crippen LogP contribution in [-0.2, 0) is 27.7 Å². The van der Waals surface area contributed by atoms with E-state index >= 15 is 0 Å². The highest BCUT2D eigenvalue weighted by Gasteiger charge is 2.35. The number of carbonyl (C=O) groups is 2. The fraction of sp³-hybridized carbons (Fsp3) is 0.429. The maximum absolute atomic E-state index is 13.1. The number of nitrogens with one attached hydrogen (secondary N) is 2. The van der Waals surface area contributed by atoms with E-state index in [2.05, 4.69) is 16.7 Å². The first-order valence-electron chi connectivity index (χ1n) is 12.5. The van der Waals surface area contributed by atoms with E-state index in [-0.39, 0.29) is 6.42 Å². The van der Waals surface area contributed by atoms with Crippen LogP contribution >= 0.6 is 0 Å². The molecule has 0 bridgehead atoms. The van der Waals surface area contributed by atoms with Gasteiger partial charge < -0.3 is 24.5 Å². The molecule has 4 rings (SSSR count). The summed E-state index contributed by atoms with van der Waals surface area (Å²) in [5.41, 5.74) is 3.20. The van der Waals surface area contributed by atoms with Crippen molar-refractivity contribution >= 4 is 23.1 Å². The fourth-order valence-electron chi connectivity index (χ4n) is 4.39. The lowest BCUT2D eigenvalue weighted by molar-refractivity contribution is -0.126. The highest BCUT2D eigenvalue weighted by Crippen LogP contribution is 2.25. The lowest BCUT2D eigenvalue weighted by atomic mass is 10.00. The Bertz CT molecular complexity index is 1400. The van der Waals surface area contributed by atoms with E-state index < -0.39 is 41.5 Å². The van der Waals surface area contributed by atoms with Crippen molar-refractivity contribution in [2.75, 3.05) is 6.61 Å². The van der Waals surface area contributed by atoms with Crippen LogP contribution in [0, 0.1) is 11.3 Å². The van der Waals surface area contributed by atoms with E-state index in [0.717, 1.165) is 23.1 Å². The average molecular weight is 521 g/mol. The Morgan fingerprint density at radius 3 is 2.50 bits per heavy atom. The zero-order valence-electron chi connectivity index (χ0n) is 21.9. The van der Waals surface area contributed by atoms with Gasteiger partial charge in [-0.15, -0.1) is 0 Å². The van der Waals surface area contributed by atoms with Gasteiger partial charge in [0.25, 0.3) is 0 Å². The maximum atomic E-state index is 13.1. The Morgan fingerprint density at radius 2 is 1.87 bits per heavy atom. The molecule has 0 radical (unpaired) electrons. The van der Waals surface area contributed by atoms with Gasteiger partial charge in [0.15, 0.2) is 5.58 Å². The summed E-state index contributed by atoms with van der Waals surface area (Å²) in [5.74, 6) is -0.912. The predicted octanol–water partition coefficient (Wildman–Crippen LogP) is 3.42. The number of aromatic nitrogens is 1. The molecule has 1 saturated heterocycles. The fourth-order valence-corrected chi connectivity index (χ4v) is 4.39. The van der Waals surface area contributed by atoms with Gasteiger partial charge >= 0.3 is 11.8 Å². The smallest absolute Gasteiger partial charge is 0.419 e. The van der Waals surface area contributed by atoms with Crippen molar-refractivity contribution in [2.45, 2.75) is 63.8 Å². The molecule has 200 valence electrons. The number of benzene rings is 2. The van der Waals surface area contributed by atoms with Gasteiger partial charge in [-0.25, -0.2) is 9.59 Å². The number of fused-ring (bicyclic) bond motifs is 1. The van der Waals surface area contributed by atoms with Gasteiger partial charge in [0.2, 0.25) is 5.91 Å². The number of oxazole rings is 1. The molecule has 3 atom stereocenters. The summed E-state index contributed by atoms with van der Waals surface area (Å²) in [6.07, 6.45) is 0.468. The van der Waals surface area contributed by atoms with Crippen LogP contribution in [0.4, 0.5) is 4.79 Å². The van der Waals surface area contributed by atoms with Crippen LogP contribution in [0.3, 0.4) is 0 Å². The summed E-state index contributed by atoms with van der Waals surface area (Å²) in [6, 6.07) is 13.5. The molecule has 3 aromatic rings. The second kappa shape index (κ2) is 11.1. The van der Waals surface area contributed by atoms with E-state index in [9.17, 15) is 19.6 Å². The summed E-state index contributed by atoms with van der Waals surface area (Å²) in [5, 5.41) is 15.1. The lowest BCUT2D eigenvalue weighted by Gasteiger charge is -2.27. The zero-order chi connectivity index (χ0) is 27.4. The van der Waals surface area contributed by atoms with Gasteiger partial charge in [-0.1, -0.05) is 30.3 Å². The molecule has 1 aliphatic heterocycles. The standard InChI is InChI=1S/C28H32N4O6/c1-28(2,3)38-26(34)31-24(23-6-5-13-36-23)25(33)30-20(16-29)14-17-7-9-18(10-8-17)19-11-12-22-21(15-19)32(4)27(35)37-22/h7-12,15,20,23-24H,5-6,13-14H2,1-4H3,(H,30,33)(H,31,34)/t20-,23?,24+/m0/s1. The Kier molecular flexibility index (Phi) is 7.88. The Morgan fingerprint density at radius 1 is 1.16 bits per heavy atom. The Balaban J connectivity index is 1.43. The van der Waals surface area contributed by atoms with Gasteiger partial charge in [0.1, 0.15) is 17.7 Å². The second-order valence-corrected chi connectivity index (χ2v) is 10.4. The molecule has 2 aromatic carbocycles. The van der Waals surface area contributed by atoms with Crippen molar-refractivity contribution in [3.05, 3.63) is 58.6 Å². The molecule has 10 nitrogen and oxygen atoms in total. The number of nitriles is 1. The molecule has 1 fully saturated rings. The minimum Gasteiger partial charge on any atom is -0.444 e. The number of ether oxygens (including phenoxy) is 2. The molecule has 38 heavy (non-hydrogen) atoms. The molecule has 10 heteroatoms. The molecule has 2 heterocycles. The van der Waals surface area contributed by atoms with Gasteiger partial charge in [-0.05, 0) is 62.4 Å². The summed E-state index contributed by atoms with van der Waals surface area (Å²) in [4.78, 5) is 37.3. The van der Waals surface area contributed by atoms with Crippen molar-refractivity contribution in [3.63, 3.8) is 0 Å². The quantitative estimate of drug-likeness (QED) is 0.487. The highest BCUT2D eigenvalue weighted by molar-refractivity contribution is 5.87. The van der Waals surface area contributed by atoms with Crippen LogP contribution in [0.25, 0.3) is 22.2 Å². The van der Waals surface area contributed by atoms with E-state index in [4.69, 9.17) is 13.9 Å². The first kappa shape index (κ1) is 26.9. The first-order valence-corrected chi connectivity index (χ1v) is 12.5. The van der Waals surface area contributed by atoms with Crippen molar-refractivity contribution in [1.29, 1.82) is 5.26 Å². The molecule has 1 aliphatic rings. The number of alkyl carbamates (subject to hydrolysis) is 1. The Labute approximate surface area is 220 Å². The largest absolute Gasteiger partial charge is 0.444 e. The number of amides is 2. The highest BCUT2D eigenvalue weighted by atomic mass is 16.6. The predicted molar refractivity (Wildman–Crippen MR) is 140 cm³/mol. The third kappa shape index (κ3) is 6.42. The van der Waals surface area contributed by atoms with Gasteiger partial charge in [-0.2, -0.15) is 5.26 Å². The van der Waals surface area contributed by atoms with Crippen molar-refractivity contribution in [1.82, 2.24) is 15.2 Å². The number of hydrogen-bond donors (Lipinski definition) is 2. The van der Waals surface area contributed by atoms with E-state index in [1.165, 1.54) is 4.57 Å². The van der Waals surface area contributed by atoms with Gasteiger partial charge in [0, 0.05) is 20.1 Å². The molecule has 2 amide bonds. The molecular formula is C28H32N4O6. The van der Waals surface area contributed by atoms with Crippen LogP contribution in [0.2, 0.25) is 0 Å². The monoisotopic (exact) mass is 520 g/mol. The zero-order valence-corrected chi connectivity index (χ0v) is 21.9. The van der Waals surface area contributed by atoms with Crippen LogP contribution < -0.4 is 16.4 Å². The third-order valence-corrected chi connectivity index (χ3v) is 6.28. The number of rotatable bonds is 7. The molecule has 1 unspecified atom stereocenters. The van der Waals surface area contributed by atoms with E-state index in [1.54, 1.807) is 33.9 Å². The lowest BCUT2D eigenvalue weighted by Crippen LogP contribution is -2.55. The van der Waals surface area contributed by atoms with E-state index in [1.807, 2.05) is 36.4 Å². The van der Waals surface area contributed by atoms with Crippen molar-refractivity contribution in [3.8, 4) is 17.2 Å². The normalized spacial score (nSPS) is 17.0. The molecular weight excluding hydrogens is 488 g/mol. The average Bonchev–Trinajstić information content (AvgIpc) is 3.49. The third-order valence-electron chi connectivity index (χ3n) is 6.28. The number of nitrogens with zero attached hydrogens (tertiary/aromatic N) is 2. The van der Waals surface area contributed by atoms with Gasteiger partial charge in [-0.3, -0.25) is 9.36 Å². The topological polar surface area (TPSA) is 136 Å². The summed E-state index contributed by atoms with van der Waals surface area (Å²) in [6.45, 7) is 5.72. The second-order valence-electron chi connectivity index (χ2n) is 10.4. The van der Waals surface area contributed by atoms with Crippen LogP contribution in [0.15, 0.2) is 51.7 Å². The SMILES string of the molecule is Cn1c(=O)oc2ccc(-c3ccc(C[C@@H](C#N)NC(=O)[C@H](NC(=O)OC(C)(C)C)C4CCCO4)cc3)cc21. The molecule has 2 N–H and O–H groups in total. The van der Waals surface area contributed by atoms with Crippen molar-refractivity contribution < 1.29 is 23.5 Å². The molecule has 0 aliphatic carbocycles. The molecule has 0 saturated carbocycles. The number of hydrogen-bond acceptors (Lipinski definition) is 7. The van der Waals surface area contributed by atoms with Crippen LogP contribution in [0.5, 0.6) is 0 Å². The number of carbonyl (C=O) groups excluding carboxylic acids is 2. The summed E-state index contributed by atoms with van der Waals surface area (Å²) >= 11 is 0. The van der Waals surface area contributed by atoms with E-state index in [0.29, 0.717) is 24.1 Å². The molecule has 1 aromatic heterocycles. The van der Waals surface area contributed by atoms with Crippen molar-refractivity contribution in [2.24, 2.45) is 7.05 Å². The summed E-state index contributed by atoms with van der Waals surface area (Å²) < 4.78 is 17.6. The maximum Gasteiger partial charge on any atom is 0.419 e. The molecule has 0 spiro atoms. The van der Waals surface area contributed by atoms with Crippen LogP contribution in [-0.4, -0.2) is 47.0 Å². The number of aryl methyl sites for hydroxylation is 1. The Hall–Kier alpha value is -4.10. The van der Waals surface area contributed by atoms with Crippen LogP contribution in [0.1, 0.15) is 39.2 Å². The minimum atomic E-state index is -0.973. The first-order chi connectivity index (χ1) is 18.0. The van der Waals surface area contributed by atoms with Gasteiger partial charge in [0.05, 0.1) is 17.7 Å². The summed E-state index contributed by atoms with van der Waals surface area (Å²) in [7, 11) is 1.66.